The summed E-state index contributed by atoms with van der Waals surface area (Å²) in [6, 6.07) is 3.97. The lowest BCUT2D eigenvalue weighted by atomic mass is 10.4. The van der Waals surface area contributed by atoms with Gasteiger partial charge in [0.2, 0.25) is 0 Å². The third-order valence-corrected chi connectivity index (χ3v) is 7.31. The fourth-order valence-corrected chi connectivity index (χ4v) is 5.53. The fourth-order valence-electron chi connectivity index (χ4n) is 2.32. The molecule has 0 saturated heterocycles. The third-order valence-electron chi connectivity index (χ3n) is 3.84. The maximum atomic E-state index is 12.8. The van der Waals surface area contributed by atoms with Gasteiger partial charge in [0, 0.05) is 24.0 Å². The fraction of sp³-hybridized carbons (Fsp3) is 0.714. The highest BCUT2D eigenvalue weighted by Crippen LogP contribution is 2.39. The van der Waals surface area contributed by atoms with Crippen LogP contribution < -0.4 is 5.32 Å². The Hall–Kier alpha value is -0.430. The van der Waals surface area contributed by atoms with Gasteiger partial charge < -0.3 is 5.32 Å². The number of rotatable bonds is 8. The van der Waals surface area contributed by atoms with Gasteiger partial charge in [0.05, 0.1) is 0 Å². The van der Waals surface area contributed by atoms with Crippen molar-refractivity contribution < 1.29 is 8.42 Å². The van der Waals surface area contributed by atoms with Gasteiger partial charge in [-0.1, -0.05) is 6.92 Å². The first-order valence-corrected chi connectivity index (χ1v) is 9.68. The van der Waals surface area contributed by atoms with Crippen molar-refractivity contribution in [1.82, 2.24) is 9.62 Å². The molecule has 112 valence electrons. The number of hydrogen-bond acceptors (Lipinski definition) is 4. The first-order valence-electron chi connectivity index (χ1n) is 7.42. The van der Waals surface area contributed by atoms with Gasteiger partial charge in [0.1, 0.15) is 4.21 Å². The molecule has 0 amide bonds. The quantitative estimate of drug-likeness (QED) is 0.802. The highest BCUT2D eigenvalue weighted by molar-refractivity contribution is 7.91. The van der Waals surface area contributed by atoms with Crippen molar-refractivity contribution in [3.8, 4) is 0 Å². The molecule has 2 saturated carbocycles. The minimum atomic E-state index is -3.27. The van der Waals surface area contributed by atoms with Crippen LogP contribution in [-0.2, 0) is 16.6 Å². The lowest BCUT2D eigenvalue weighted by Crippen LogP contribution is -2.34. The third kappa shape index (κ3) is 3.24. The van der Waals surface area contributed by atoms with Crippen molar-refractivity contribution in [2.75, 3.05) is 13.1 Å². The Labute approximate surface area is 125 Å². The van der Waals surface area contributed by atoms with E-state index in [9.17, 15) is 8.42 Å². The number of sulfonamides is 1. The van der Waals surface area contributed by atoms with Gasteiger partial charge >= 0.3 is 0 Å². The van der Waals surface area contributed by atoms with Gasteiger partial charge in [0.15, 0.2) is 0 Å². The first kappa shape index (κ1) is 14.5. The van der Waals surface area contributed by atoms with Crippen LogP contribution in [0.5, 0.6) is 0 Å². The van der Waals surface area contributed by atoms with Crippen molar-refractivity contribution in [3.05, 3.63) is 17.0 Å². The molecular weight excluding hydrogens is 292 g/mol. The zero-order valence-electron chi connectivity index (χ0n) is 11.8. The Balaban J connectivity index is 1.76. The smallest absolute Gasteiger partial charge is 0.252 e. The maximum absolute atomic E-state index is 12.8. The summed E-state index contributed by atoms with van der Waals surface area (Å²) in [5.74, 6) is 0.603. The molecule has 1 aromatic rings. The van der Waals surface area contributed by atoms with E-state index in [4.69, 9.17) is 0 Å². The summed E-state index contributed by atoms with van der Waals surface area (Å²) in [6.45, 7) is 4.43. The van der Waals surface area contributed by atoms with Crippen LogP contribution in [-0.4, -0.2) is 31.9 Å². The Kier molecular flexibility index (Phi) is 4.17. The van der Waals surface area contributed by atoms with E-state index < -0.39 is 10.0 Å². The monoisotopic (exact) mass is 314 g/mol. The van der Waals surface area contributed by atoms with Crippen LogP contribution >= 0.6 is 11.3 Å². The molecule has 0 spiro atoms. The Bertz CT molecular complexity index is 559. The van der Waals surface area contributed by atoms with Crippen molar-refractivity contribution in [2.24, 2.45) is 5.92 Å². The molecule has 0 aromatic carbocycles. The summed E-state index contributed by atoms with van der Waals surface area (Å²) in [7, 11) is -3.27. The standard InChI is InChI=1S/C14H22N2O2S2/c1-2-15-9-13-7-8-14(19-13)20(17,18)16(12-5-6-12)10-11-3-4-11/h7-8,11-12,15H,2-6,9-10H2,1H3. The topological polar surface area (TPSA) is 49.4 Å². The summed E-state index contributed by atoms with van der Waals surface area (Å²) in [5, 5.41) is 3.24. The maximum Gasteiger partial charge on any atom is 0.252 e. The number of thiophene rings is 1. The van der Waals surface area contributed by atoms with E-state index in [1.54, 1.807) is 10.4 Å². The molecule has 0 radical (unpaired) electrons. The molecule has 2 aliphatic rings. The first-order chi connectivity index (χ1) is 9.61. The molecule has 6 heteroatoms. The van der Waals surface area contributed by atoms with Crippen LogP contribution in [0.3, 0.4) is 0 Å². The van der Waals surface area contributed by atoms with E-state index in [2.05, 4.69) is 12.2 Å². The molecule has 20 heavy (non-hydrogen) atoms. The zero-order chi connectivity index (χ0) is 14.2. The predicted molar refractivity (Wildman–Crippen MR) is 81.3 cm³/mol. The highest BCUT2D eigenvalue weighted by atomic mass is 32.2. The molecule has 1 N–H and O–H groups in total. The SMILES string of the molecule is CCNCc1ccc(S(=O)(=O)N(CC2CC2)C2CC2)s1. The van der Waals surface area contributed by atoms with Crippen LogP contribution in [0.25, 0.3) is 0 Å². The second-order valence-corrected chi connectivity index (χ2v) is 9.04. The minimum absolute atomic E-state index is 0.264. The van der Waals surface area contributed by atoms with Crippen molar-refractivity contribution >= 4 is 21.4 Å². The molecular formula is C14H22N2O2S2. The van der Waals surface area contributed by atoms with Crippen molar-refractivity contribution in [3.63, 3.8) is 0 Å². The van der Waals surface area contributed by atoms with E-state index in [-0.39, 0.29) is 6.04 Å². The molecule has 0 aliphatic heterocycles. The highest BCUT2D eigenvalue weighted by Gasteiger charge is 2.41. The lowest BCUT2D eigenvalue weighted by Gasteiger charge is -2.20. The number of nitrogens with one attached hydrogen (secondary N) is 1. The van der Waals surface area contributed by atoms with Gasteiger partial charge in [0.25, 0.3) is 10.0 Å². The van der Waals surface area contributed by atoms with Gasteiger partial charge in [-0.2, -0.15) is 4.31 Å². The molecule has 2 fully saturated rings. The summed E-state index contributed by atoms with van der Waals surface area (Å²) < 4.78 is 27.8. The summed E-state index contributed by atoms with van der Waals surface area (Å²) >= 11 is 1.41. The molecule has 2 aliphatic carbocycles. The van der Waals surface area contributed by atoms with Crippen LogP contribution in [0.2, 0.25) is 0 Å². The molecule has 0 bridgehead atoms. The van der Waals surface area contributed by atoms with E-state index in [1.165, 1.54) is 24.2 Å². The van der Waals surface area contributed by atoms with E-state index in [0.29, 0.717) is 10.1 Å². The van der Waals surface area contributed by atoms with Crippen LogP contribution in [0, 0.1) is 5.92 Å². The summed E-state index contributed by atoms with van der Waals surface area (Å²) in [4.78, 5) is 1.09. The van der Waals surface area contributed by atoms with Gasteiger partial charge in [-0.15, -0.1) is 11.3 Å². The van der Waals surface area contributed by atoms with E-state index in [0.717, 1.165) is 37.4 Å². The number of nitrogens with zero attached hydrogens (tertiary/aromatic N) is 1. The Morgan fingerprint density at radius 3 is 2.65 bits per heavy atom. The largest absolute Gasteiger partial charge is 0.312 e. The van der Waals surface area contributed by atoms with Crippen molar-refractivity contribution in [1.29, 1.82) is 0 Å². The zero-order valence-corrected chi connectivity index (χ0v) is 13.5. The molecule has 4 nitrogen and oxygen atoms in total. The molecule has 3 rings (SSSR count). The second kappa shape index (κ2) is 5.75. The minimum Gasteiger partial charge on any atom is -0.312 e. The molecule has 0 atom stereocenters. The van der Waals surface area contributed by atoms with Gasteiger partial charge in [-0.05, 0) is 50.3 Å². The van der Waals surface area contributed by atoms with E-state index in [1.807, 2.05) is 6.07 Å². The van der Waals surface area contributed by atoms with E-state index >= 15 is 0 Å². The Morgan fingerprint density at radius 2 is 2.05 bits per heavy atom. The Morgan fingerprint density at radius 1 is 1.30 bits per heavy atom. The summed E-state index contributed by atoms with van der Waals surface area (Å²) in [6.07, 6.45) is 4.44. The van der Waals surface area contributed by atoms with Gasteiger partial charge in [-0.3, -0.25) is 0 Å². The molecule has 1 aromatic heterocycles. The van der Waals surface area contributed by atoms with Crippen LogP contribution in [0.1, 0.15) is 37.5 Å². The number of hydrogen-bond donors (Lipinski definition) is 1. The van der Waals surface area contributed by atoms with Crippen LogP contribution in [0.15, 0.2) is 16.3 Å². The van der Waals surface area contributed by atoms with Crippen LogP contribution in [0.4, 0.5) is 0 Å². The average Bonchev–Trinajstić information content (AvgIpc) is 3.32. The lowest BCUT2D eigenvalue weighted by molar-refractivity contribution is 0.390. The predicted octanol–water partition coefficient (Wildman–Crippen LogP) is 2.42. The average molecular weight is 314 g/mol. The second-order valence-electron chi connectivity index (χ2n) is 5.75. The summed E-state index contributed by atoms with van der Waals surface area (Å²) in [5.41, 5.74) is 0. The molecule has 0 unspecified atom stereocenters. The van der Waals surface area contributed by atoms with Gasteiger partial charge in [-0.25, -0.2) is 8.42 Å². The normalized spacial score (nSPS) is 19.7. The molecule has 1 heterocycles. The van der Waals surface area contributed by atoms with Crippen molar-refractivity contribution in [2.45, 2.75) is 49.4 Å².